The summed E-state index contributed by atoms with van der Waals surface area (Å²) in [6.07, 6.45) is -6.14. The molecule has 1 N–H and O–H groups in total. The van der Waals surface area contributed by atoms with Crippen molar-refractivity contribution in [1.82, 2.24) is 5.32 Å². The van der Waals surface area contributed by atoms with Crippen molar-refractivity contribution in [1.29, 1.82) is 0 Å². The van der Waals surface area contributed by atoms with Crippen molar-refractivity contribution in [2.45, 2.75) is 96.9 Å². The maximum atomic E-state index is 12.9. The normalized spacial score (nSPS) is 24.5. The molecule has 1 aliphatic rings. The van der Waals surface area contributed by atoms with Crippen molar-refractivity contribution >= 4 is 46.8 Å². The zero-order valence-electron chi connectivity index (χ0n) is 21.5. The fourth-order valence-corrected chi connectivity index (χ4v) is 4.08. The number of carbonyl (C=O) groups is 6. The number of thioether (sulfide) groups is 1. The van der Waals surface area contributed by atoms with E-state index in [9.17, 15) is 28.8 Å². The lowest BCUT2D eigenvalue weighted by atomic mass is 9.99. The molecule has 1 heterocycles. The minimum absolute atomic E-state index is 0.422. The zero-order valence-corrected chi connectivity index (χ0v) is 22.3. The Morgan fingerprint density at radius 2 is 1.33 bits per heavy atom. The summed E-state index contributed by atoms with van der Waals surface area (Å²) in [7, 11) is 0. The van der Waals surface area contributed by atoms with Crippen molar-refractivity contribution in [3.63, 3.8) is 0 Å². The minimum Gasteiger partial charge on any atom is -0.463 e. The van der Waals surface area contributed by atoms with E-state index in [2.05, 4.69) is 5.32 Å². The fraction of sp³-hybridized carbons (Fsp3) is 0.727. The predicted molar refractivity (Wildman–Crippen MR) is 123 cm³/mol. The Bertz CT molecular complexity index is 854. The molecule has 0 aromatic rings. The number of esters is 4. The van der Waals surface area contributed by atoms with Crippen LogP contribution in [0.1, 0.15) is 55.4 Å². The first-order chi connectivity index (χ1) is 16.5. The third-order valence-electron chi connectivity index (χ3n) is 4.27. The Kier molecular flexibility index (Phi) is 11.6. The number of hydrogen-bond acceptors (Lipinski definition) is 13. The smallest absolute Gasteiger partial charge is 0.408 e. The van der Waals surface area contributed by atoms with Crippen molar-refractivity contribution in [3.05, 3.63) is 0 Å². The number of amides is 1. The highest BCUT2D eigenvalue weighted by Crippen LogP contribution is 2.35. The van der Waals surface area contributed by atoms with Gasteiger partial charge >= 0.3 is 30.0 Å². The van der Waals surface area contributed by atoms with Gasteiger partial charge < -0.3 is 33.7 Å². The van der Waals surface area contributed by atoms with Crippen LogP contribution < -0.4 is 5.32 Å². The lowest BCUT2D eigenvalue weighted by Crippen LogP contribution is -2.62. The summed E-state index contributed by atoms with van der Waals surface area (Å²) < 4.78 is 31.9. The number of nitrogens with one attached hydrogen (secondary N) is 1. The van der Waals surface area contributed by atoms with E-state index in [0.717, 1.165) is 27.7 Å². The molecule has 1 aliphatic heterocycles. The number of rotatable bonds is 8. The first kappa shape index (κ1) is 31.2. The van der Waals surface area contributed by atoms with Gasteiger partial charge in [0.1, 0.15) is 18.3 Å². The minimum atomic E-state index is -1.40. The highest BCUT2D eigenvalue weighted by Gasteiger charge is 2.53. The monoisotopic (exact) mass is 535 g/mol. The highest BCUT2D eigenvalue weighted by atomic mass is 32.2. The second kappa shape index (κ2) is 13.4. The van der Waals surface area contributed by atoms with Crippen LogP contribution in [0.15, 0.2) is 0 Å². The Morgan fingerprint density at radius 1 is 0.833 bits per heavy atom. The van der Waals surface area contributed by atoms with E-state index in [4.69, 9.17) is 28.4 Å². The van der Waals surface area contributed by atoms with Crippen molar-refractivity contribution in [2.75, 3.05) is 6.61 Å². The molecule has 1 amide bonds. The molecule has 6 atom stereocenters. The van der Waals surface area contributed by atoms with E-state index in [1.807, 2.05) is 0 Å². The topological polar surface area (TPSA) is 170 Å². The summed E-state index contributed by atoms with van der Waals surface area (Å²) in [5.41, 5.74) is -2.08. The molecule has 0 radical (unpaired) electrons. The summed E-state index contributed by atoms with van der Waals surface area (Å²) in [5, 5.41) is 1.78. The van der Waals surface area contributed by atoms with Crippen LogP contribution in [0.25, 0.3) is 0 Å². The van der Waals surface area contributed by atoms with Gasteiger partial charge in [-0.1, -0.05) is 11.8 Å². The first-order valence-electron chi connectivity index (χ1n) is 11.0. The van der Waals surface area contributed by atoms with Crippen molar-refractivity contribution < 1.29 is 57.2 Å². The number of hydrogen-bond donors (Lipinski definition) is 1. The van der Waals surface area contributed by atoms with Crippen LogP contribution in [0.4, 0.5) is 4.79 Å². The standard InChI is InChI=1S/C22H33NO12S/c1-10(23-21(29)35-22(6,7)8)19(28)36-20-18(33-14(5)27)17(32-13(4)26)16(31-12(3)25)15(34-20)9-30-11(2)24/h10,15-18,20H,9H2,1-8H3,(H,23,29)/t10-,15-,16-,17+,18-,20+/m1/s1. The summed E-state index contributed by atoms with van der Waals surface area (Å²) in [4.78, 5) is 71.8. The fourth-order valence-electron chi connectivity index (χ4n) is 3.04. The molecule has 1 fully saturated rings. The van der Waals surface area contributed by atoms with Crippen LogP contribution in [0.2, 0.25) is 0 Å². The summed E-state index contributed by atoms with van der Waals surface area (Å²) in [6.45, 7) is 10.4. The van der Waals surface area contributed by atoms with Crippen LogP contribution in [-0.2, 0) is 52.4 Å². The SMILES string of the molecule is CC(=O)OC[C@H]1O[C@@H](SC(=O)[C@@H](C)NC(=O)OC(C)(C)C)[C@H](OC(C)=O)[C@@H](OC(C)=O)[C@@H]1OC(C)=O. The molecule has 0 saturated carbocycles. The lowest BCUT2D eigenvalue weighted by Gasteiger charge is -2.44. The molecule has 0 aliphatic carbocycles. The number of ether oxygens (including phenoxy) is 6. The average molecular weight is 536 g/mol. The van der Waals surface area contributed by atoms with Crippen LogP contribution >= 0.6 is 11.8 Å². The molecule has 1 rings (SSSR count). The van der Waals surface area contributed by atoms with Crippen LogP contribution in [-0.4, -0.2) is 83.2 Å². The van der Waals surface area contributed by atoms with Gasteiger partial charge in [-0.05, 0) is 27.7 Å². The average Bonchev–Trinajstić information content (AvgIpc) is 2.68. The van der Waals surface area contributed by atoms with E-state index in [1.54, 1.807) is 20.8 Å². The second-order valence-electron chi connectivity index (χ2n) is 8.87. The molecule has 0 unspecified atom stereocenters. The molecular formula is C22H33NO12S. The molecule has 0 spiro atoms. The van der Waals surface area contributed by atoms with Gasteiger partial charge in [-0.25, -0.2) is 4.79 Å². The van der Waals surface area contributed by atoms with Crippen LogP contribution in [0.3, 0.4) is 0 Å². The van der Waals surface area contributed by atoms with Crippen molar-refractivity contribution in [3.8, 4) is 0 Å². The lowest BCUT2D eigenvalue weighted by molar-refractivity contribution is -0.237. The highest BCUT2D eigenvalue weighted by molar-refractivity contribution is 8.14. The van der Waals surface area contributed by atoms with Gasteiger partial charge in [0.05, 0.1) is 6.04 Å². The van der Waals surface area contributed by atoms with Crippen molar-refractivity contribution in [2.24, 2.45) is 0 Å². The largest absolute Gasteiger partial charge is 0.463 e. The molecule has 14 heteroatoms. The first-order valence-corrected chi connectivity index (χ1v) is 11.9. The molecule has 1 saturated heterocycles. The van der Waals surface area contributed by atoms with Gasteiger partial charge in [-0.3, -0.25) is 24.0 Å². The summed E-state index contributed by atoms with van der Waals surface area (Å²) >= 11 is 0.548. The third-order valence-corrected chi connectivity index (χ3v) is 5.46. The molecule has 0 aromatic carbocycles. The van der Waals surface area contributed by atoms with Gasteiger partial charge in [0, 0.05) is 27.7 Å². The van der Waals surface area contributed by atoms with E-state index in [1.165, 1.54) is 6.92 Å². The van der Waals surface area contributed by atoms with Gasteiger partial charge in [0.2, 0.25) is 5.12 Å². The van der Waals surface area contributed by atoms with Gasteiger partial charge in [0.25, 0.3) is 0 Å². The molecule has 13 nitrogen and oxygen atoms in total. The Morgan fingerprint density at radius 3 is 1.81 bits per heavy atom. The maximum Gasteiger partial charge on any atom is 0.408 e. The zero-order chi connectivity index (χ0) is 27.8. The maximum absolute atomic E-state index is 12.9. The predicted octanol–water partition coefficient (Wildman–Crippen LogP) is 1.24. The molecule has 0 aromatic heterocycles. The van der Waals surface area contributed by atoms with Gasteiger partial charge in [-0.15, -0.1) is 0 Å². The quantitative estimate of drug-likeness (QED) is 0.348. The Labute approximate surface area is 213 Å². The second-order valence-corrected chi connectivity index (χ2v) is 9.98. The molecule has 204 valence electrons. The molecule has 36 heavy (non-hydrogen) atoms. The Hall–Kier alpha value is -2.87. The third kappa shape index (κ3) is 10.8. The molecule has 0 bridgehead atoms. The van der Waals surface area contributed by atoms with Gasteiger partial charge in [0.15, 0.2) is 23.7 Å². The number of alkyl carbamates (subject to hydrolysis) is 1. The van der Waals surface area contributed by atoms with E-state index in [-0.39, 0.29) is 0 Å². The summed E-state index contributed by atoms with van der Waals surface area (Å²) in [5.74, 6) is -3.02. The van der Waals surface area contributed by atoms with E-state index < -0.39 is 83.2 Å². The van der Waals surface area contributed by atoms with Gasteiger partial charge in [-0.2, -0.15) is 0 Å². The molecular weight excluding hydrogens is 502 g/mol. The van der Waals surface area contributed by atoms with Crippen LogP contribution in [0.5, 0.6) is 0 Å². The number of carbonyl (C=O) groups excluding carboxylic acids is 6. The van der Waals surface area contributed by atoms with E-state index >= 15 is 0 Å². The van der Waals surface area contributed by atoms with Crippen LogP contribution in [0, 0.1) is 0 Å². The van der Waals surface area contributed by atoms with E-state index in [0.29, 0.717) is 11.8 Å². The summed E-state index contributed by atoms with van der Waals surface area (Å²) in [6, 6.07) is -1.06. The Balaban J connectivity index is 3.26.